The molecule has 0 unspecified atom stereocenters. The first-order valence-electron chi connectivity index (χ1n) is 11.2. The highest BCUT2D eigenvalue weighted by molar-refractivity contribution is 6.32. The van der Waals surface area contributed by atoms with Crippen LogP contribution in [0.5, 0.6) is 11.5 Å². The van der Waals surface area contributed by atoms with Gasteiger partial charge < -0.3 is 24.4 Å². The van der Waals surface area contributed by atoms with Crippen LogP contribution in [-0.2, 0) is 14.3 Å². The number of nitrogens with one attached hydrogen (secondary N) is 1. The van der Waals surface area contributed by atoms with Crippen LogP contribution in [0.25, 0.3) is 0 Å². The third kappa shape index (κ3) is 7.38. The van der Waals surface area contributed by atoms with E-state index in [1.165, 1.54) is 13.2 Å². The lowest BCUT2D eigenvalue weighted by atomic mass is 10.2. The number of para-hydroxylation sites is 1. The summed E-state index contributed by atoms with van der Waals surface area (Å²) in [5.74, 6) is -0.0964. The smallest absolute Gasteiger partial charge is 0.342 e. The fourth-order valence-corrected chi connectivity index (χ4v) is 3.60. The summed E-state index contributed by atoms with van der Waals surface area (Å²) in [5.41, 5.74) is 0.619. The number of esters is 1. The molecule has 34 heavy (non-hydrogen) atoms. The highest BCUT2D eigenvalue weighted by Gasteiger charge is 2.27. The Bertz CT molecular complexity index is 1020. The molecule has 0 atom stereocenters. The third-order valence-electron chi connectivity index (χ3n) is 5.25. The van der Waals surface area contributed by atoms with E-state index < -0.39 is 11.9 Å². The van der Waals surface area contributed by atoms with E-state index in [2.05, 4.69) is 5.32 Å². The summed E-state index contributed by atoms with van der Waals surface area (Å²) in [5, 5.41) is 3.03. The van der Waals surface area contributed by atoms with Gasteiger partial charge in [0.1, 0.15) is 17.1 Å². The first-order valence-corrected chi connectivity index (χ1v) is 11.6. The summed E-state index contributed by atoms with van der Waals surface area (Å²) >= 11 is 6.07. The van der Waals surface area contributed by atoms with Crippen molar-refractivity contribution in [2.45, 2.75) is 26.2 Å². The number of nitrogens with zero attached hydrogens (tertiary/aromatic N) is 1. The molecule has 0 aromatic heterocycles. The Balaban J connectivity index is 1.53. The lowest BCUT2D eigenvalue weighted by Gasteiger charge is -2.22. The molecule has 2 aromatic carbocycles. The molecule has 1 aliphatic carbocycles. The van der Waals surface area contributed by atoms with E-state index in [0.717, 1.165) is 19.3 Å². The molecule has 9 heteroatoms. The van der Waals surface area contributed by atoms with Crippen molar-refractivity contribution >= 4 is 35.1 Å². The van der Waals surface area contributed by atoms with E-state index in [-0.39, 0.29) is 30.4 Å². The molecule has 3 rings (SSSR count). The van der Waals surface area contributed by atoms with E-state index in [1.54, 1.807) is 41.3 Å². The zero-order chi connectivity index (χ0) is 24.5. The number of anilines is 1. The van der Waals surface area contributed by atoms with Gasteiger partial charge in [-0.15, -0.1) is 0 Å². The van der Waals surface area contributed by atoms with Crippen LogP contribution in [0.3, 0.4) is 0 Å². The summed E-state index contributed by atoms with van der Waals surface area (Å²) < 4.78 is 15.9. The minimum Gasteiger partial charge on any atom is -0.495 e. The van der Waals surface area contributed by atoms with Crippen LogP contribution < -0.4 is 14.8 Å². The topological polar surface area (TPSA) is 94.2 Å². The number of halogens is 1. The largest absolute Gasteiger partial charge is 0.495 e. The van der Waals surface area contributed by atoms with Gasteiger partial charge >= 0.3 is 5.97 Å². The number of carbonyl (C=O) groups is 3. The number of amides is 2. The van der Waals surface area contributed by atoms with Gasteiger partial charge in [-0.1, -0.05) is 30.7 Å². The van der Waals surface area contributed by atoms with E-state index >= 15 is 0 Å². The Morgan fingerprint density at radius 3 is 2.53 bits per heavy atom. The first kappa shape index (κ1) is 25.4. The molecule has 1 aliphatic rings. The molecule has 8 nitrogen and oxygen atoms in total. The molecule has 0 radical (unpaired) electrons. The molecule has 182 valence electrons. The van der Waals surface area contributed by atoms with E-state index in [9.17, 15) is 14.4 Å². The Kier molecular flexibility index (Phi) is 9.16. The molecular weight excluding hydrogens is 460 g/mol. The number of carbonyl (C=O) groups excluding carboxylic acids is 3. The quantitative estimate of drug-likeness (QED) is 0.450. The minimum absolute atomic E-state index is 0.139. The Morgan fingerprint density at radius 1 is 1.09 bits per heavy atom. The number of ether oxygens (including phenoxy) is 3. The fourth-order valence-electron chi connectivity index (χ4n) is 3.34. The number of hydrogen-bond acceptors (Lipinski definition) is 6. The maximum atomic E-state index is 12.6. The predicted molar refractivity (Wildman–Crippen MR) is 128 cm³/mol. The second kappa shape index (κ2) is 12.3. The zero-order valence-electron chi connectivity index (χ0n) is 19.3. The van der Waals surface area contributed by atoms with Crippen molar-refractivity contribution in [3.63, 3.8) is 0 Å². The van der Waals surface area contributed by atoms with Crippen LogP contribution in [0.4, 0.5) is 5.69 Å². The Morgan fingerprint density at radius 2 is 1.85 bits per heavy atom. The second-order valence-corrected chi connectivity index (χ2v) is 8.45. The van der Waals surface area contributed by atoms with Gasteiger partial charge in [0.05, 0.1) is 12.1 Å². The van der Waals surface area contributed by atoms with Gasteiger partial charge in [0.15, 0.2) is 13.2 Å². The number of hydrogen-bond donors (Lipinski definition) is 1. The van der Waals surface area contributed by atoms with Gasteiger partial charge in [0.25, 0.3) is 11.8 Å². The molecular formula is C25H29ClN2O6. The molecule has 1 N–H and O–H groups in total. The lowest BCUT2D eigenvalue weighted by Crippen LogP contribution is -2.36. The lowest BCUT2D eigenvalue weighted by molar-refractivity contribution is -0.134. The normalized spacial score (nSPS) is 12.6. The van der Waals surface area contributed by atoms with Crippen LogP contribution in [0.15, 0.2) is 42.5 Å². The van der Waals surface area contributed by atoms with Crippen molar-refractivity contribution in [3.8, 4) is 11.5 Å². The fraction of sp³-hybridized carbons (Fsp3) is 0.400. The van der Waals surface area contributed by atoms with Crippen LogP contribution >= 0.6 is 11.6 Å². The highest BCUT2D eigenvalue weighted by atomic mass is 35.5. The van der Waals surface area contributed by atoms with E-state index in [4.69, 9.17) is 25.8 Å². The van der Waals surface area contributed by atoms with Crippen molar-refractivity contribution < 1.29 is 28.6 Å². The van der Waals surface area contributed by atoms with Crippen LogP contribution in [-0.4, -0.2) is 56.1 Å². The standard InChI is InChI=1S/C25H29ClN2O6/c1-3-12-28(14-17-8-9-17)24(30)16-34-25(31)19-6-4-5-7-21(19)33-15-23(29)27-18-10-11-22(32-2)20(26)13-18/h4-7,10-11,13,17H,3,8-9,12,14-16H2,1-2H3,(H,27,29). The van der Waals surface area contributed by atoms with Gasteiger partial charge in [-0.05, 0) is 55.5 Å². The van der Waals surface area contributed by atoms with Crippen LogP contribution in [0.2, 0.25) is 5.02 Å². The molecule has 1 saturated carbocycles. The van der Waals surface area contributed by atoms with Crippen LogP contribution in [0.1, 0.15) is 36.5 Å². The Labute approximate surface area is 204 Å². The SMILES string of the molecule is CCCN(CC1CC1)C(=O)COC(=O)c1ccccc1OCC(=O)Nc1ccc(OC)c(Cl)c1. The van der Waals surface area contributed by atoms with Gasteiger partial charge in [-0.2, -0.15) is 0 Å². The van der Waals surface area contributed by atoms with Crippen molar-refractivity contribution in [1.29, 1.82) is 0 Å². The van der Waals surface area contributed by atoms with Crippen molar-refractivity contribution in [1.82, 2.24) is 4.90 Å². The van der Waals surface area contributed by atoms with Gasteiger partial charge in [0, 0.05) is 18.8 Å². The summed E-state index contributed by atoms with van der Waals surface area (Å²) in [4.78, 5) is 39.2. The molecule has 2 aromatic rings. The van der Waals surface area contributed by atoms with E-state index in [0.29, 0.717) is 35.5 Å². The monoisotopic (exact) mass is 488 g/mol. The zero-order valence-corrected chi connectivity index (χ0v) is 20.1. The van der Waals surface area contributed by atoms with Gasteiger partial charge in [-0.3, -0.25) is 9.59 Å². The predicted octanol–water partition coefficient (Wildman–Crippen LogP) is 4.17. The number of benzene rings is 2. The molecule has 0 aliphatic heterocycles. The average molecular weight is 489 g/mol. The summed E-state index contributed by atoms with van der Waals surface area (Å²) in [6.07, 6.45) is 3.11. The minimum atomic E-state index is -0.686. The summed E-state index contributed by atoms with van der Waals surface area (Å²) in [6.45, 7) is 2.68. The molecule has 0 heterocycles. The van der Waals surface area contributed by atoms with Crippen molar-refractivity contribution in [3.05, 3.63) is 53.1 Å². The second-order valence-electron chi connectivity index (χ2n) is 8.04. The van der Waals surface area contributed by atoms with Gasteiger partial charge in [-0.25, -0.2) is 4.79 Å². The maximum Gasteiger partial charge on any atom is 0.342 e. The third-order valence-corrected chi connectivity index (χ3v) is 5.55. The number of methoxy groups -OCH3 is 1. The summed E-state index contributed by atoms with van der Waals surface area (Å²) in [7, 11) is 1.50. The van der Waals surface area contributed by atoms with E-state index in [1.807, 2.05) is 6.92 Å². The van der Waals surface area contributed by atoms with Gasteiger partial charge in [0.2, 0.25) is 0 Å². The van der Waals surface area contributed by atoms with Crippen LogP contribution in [0, 0.1) is 5.92 Å². The highest BCUT2D eigenvalue weighted by Crippen LogP contribution is 2.30. The Hall–Kier alpha value is -3.26. The molecule has 0 spiro atoms. The maximum absolute atomic E-state index is 12.6. The molecule has 1 fully saturated rings. The van der Waals surface area contributed by atoms with Crippen molar-refractivity contribution in [2.75, 3.05) is 38.7 Å². The number of rotatable bonds is 12. The van der Waals surface area contributed by atoms with Crippen molar-refractivity contribution in [2.24, 2.45) is 5.92 Å². The molecule has 2 amide bonds. The average Bonchev–Trinajstić information content (AvgIpc) is 3.65. The summed E-state index contributed by atoms with van der Waals surface area (Å²) in [6, 6.07) is 11.3. The molecule has 0 bridgehead atoms. The first-order chi connectivity index (χ1) is 16.4. The molecule has 0 saturated heterocycles.